The second-order valence-electron chi connectivity index (χ2n) is 5.32. The number of benzene rings is 1. The average Bonchev–Trinajstić information content (AvgIpc) is 3.16. The molecule has 0 saturated heterocycles. The quantitative estimate of drug-likeness (QED) is 0.621. The molecular formula is C15H15N3O5S2. The van der Waals surface area contributed by atoms with Crippen molar-refractivity contribution in [2.75, 3.05) is 13.4 Å². The monoisotopic (exact) mass is 381 g/mol. The number of hydrogen-bond donors (Lipinski definition) is 0. The first-order valence-corrected chi connectivity index (χ1v) is 9.80. The van der Waals surface area contributed by atoms with Crippen molar-refractivity contribution in [1.82, 2.24) is 14.2 Å². The van der Waals surface area contributed by atoms with E-state index in [2.05, 4.69) is 14.2 Å². The molecule has 0 aliphatic heterocycles. The highest BCUT2D eigenvalue weighted by molar-refractivity contribution is 7.92. The van der Waals surface area contributed by atoms with Gasteiger partial charge in [0, 0.05) is 24.3 Å². The lowest BCUT2D eigenvalue weighted by Gasteiger charge is -2.07. The fraction of sp³-hybridized carbons (Fsp3) is 0.267. The predicted molar refractivity (Wildman–Crippen MR) is 91.6 cm³/mol. The molecule has 3 rings (SSSR count). The molecule has 132 valence electrons. The van der Waals surface area contributed by atoms with Gasteiger partial charge >= 0.3 is 5.97 Å². The van der Waals surface area contributed by atoms with E-state index < -0.39 is 15.8 Å². The Balaban J connectivity index is 1.96. The lowest BCUT2D eigenvalue weighted by Crippen LogP contribution is -2.09. The smallest absolute Gasteiger partial charge is 0.345 e. The molecule has 0 aliphatic carbocycles. The van der Waals surface area contributed by atoms with Gasteiger partial charge in [-0.15, -0.1) is 0 Å². The molecule has 0 spiro atoms. The van der Waals surface area contributed by atoms with Crippen LogP contribution in [-0.4, -0.2) is 41.9 Å². The number of methoxy groups -OCH3 is 1. The van der Waals surface area contributed by atoms with E-state index >= 15 is 0 Å². The van der Waals surface area contributed by atoms with E-state index in [0.717, 1.165) is 22.7 Å². The van der Waals surface area contributed by atoms with E-state index in [1.54, 1.807) is 10.9 Å². The van der Waals surface area contributed by atoms with Gasteiger partial charge in [-0.25, -0.2) is 13.2 Å². The molecule has 2 aromatic heterocycles. The number of carbonyl (C=O) groups is 1. The Morgan fingerprint density at radius 2 is 2.12 bits per heavy atom. The first-order chi connectivity index (χ1) is 11.8. The van der Waals surface area contributed by atoms with E-state index in [-0.39, 0.29) is 22.3 Å². The zero-order valence-electron chi connectivity index (χ0n) is 13.7. The summed E-state index contributed by atoms with van der Waals surface area (Å²) < 4.78 is 39.5. The molecular weight excluding hydrogens is 366 g/mol. The predicted octanol–water partition coefficient (Wildman–Crippen LogP) is 1.80. The number of aromatic nitrogens is 3. The van der Waals surface area contributed by atoms with E-state index in [0.29, 0.717) is 11.5 Å². The van der Waals surface area contributed by atoms with Crippen LogP contribution in [0.5, 0.6) is 5.88 Å². The Morgan fingerprint density at radius 3 is 2.80 bits per heavy atom. The van der Waals surface area contributed by atoms with Gasteiger partial charge in [0.1, 0.15) is 6.61 Å². The minimum Gasteiger partial charge on any atom is -0.472 e. The number of fused-ring (bicyclic) bond motifs is 1. The second kappa shape index (κ2) is 6.45. The summed E-state index contributed by atoms with van der Waals surface area (Å²) in [7, 11) is -0.613. The molecule has 0 radical (unpaired) electrons. The van der Waals surface area contributed by atoms with Gasteiger partial charge in [-0.3, -0.25) is 4.68 Å². The molecule has 0 atom stereocenters. The zero-order valence-corrected chi connectivity index (χ0v) is 15.3. The van der Waals surface area contributed by atoms with Gasteiger partial charge < -0.3 is 9.47 Å². The number of aryl methyl sites for hydroxylation is 1. The maximum atomic E-state index is 12.0. The van der Waals surface area contributed by atoms with Crippen LogP contribution in [-0.2, 0) is 28.2 Å². The molecule has 10 heteroatoms. The summed E-state index contributed by atoms with van der Waals surface area (Å²) in [4.78, 5) is 12.0. The second-order valence-corrected chi connectivity index (χ2v) is 8.31. The van der Waals surface area contributed by atoms with Crippen molar-refractivity contribution in [3.63, 3.8) is 0 Å². The molecule has 3 aromatic rings. The molecule has 25 heavy (non-hydrogen) atoms. The van der Waals surface area contributed by atoms with Crippen molar-refractivity contribution in [1.29, 1.82) is 0 Å². The molecule has 0 amide bonds. The van der Waals surface area contributed by atoms with Gasteiger partial charge in [0.05, 0.1) is 18.8 Å². The Kier molecular flexibility index (Phi) is 4.48. The minimum absolute atomic E-state index is 0.0573. The van der Waals surface area contributed by atoms with E-state index in [9.17, 15) is 13.2 Å². The van der Waals surface area contributed by atoms with Gasteiger partial charge in [-0.1, -0.05) is 12.1 Å². The summed E-state index contributed by atoms with van der Waals surface area (Å²) in [5.41, 5.74) is 1.60. The third-order valence-corrected chi connectivity index (χ3v) is 6.24. The lowest BCUT2D eigenvalue weighted by atomic mass is 10.1. The Morgan fingerprint density at radius 1 is 1.36 bits per heavy atom. The van der Waals surface area contributed by atoms with Crippen LogP contribution < -0.4 is 4.74 Å². The van der Waals surface area contributed by atoms with E-state index in [1.165, 1.54) is 7.11 Å². The van der Waals surface area contributed by atoms with Crippen LogP contribution in [0.2, 0.25) is 0 Å². The maximum Gasteiger partial charge on any atom is 0.345 e. The minimum atomic E-state index is -3.62. The van der Waals surface area contributed by atoms with E-state index in [4.69, 9.17) is 4.74 Å². The van der Waals surface area contributed by atoms with Crippen LogP contribution in [0.1, 0.15) is 15.9 Å². The summed E-state index contributed by atoms with van der Waals surface area (Å²) >= 11 is 0.689. The summed E-state index contributed by atoms with van der Waals surface area (Å²) in [5.74, 6) is -0.859. The van der Waals surface area contributed by atoms with Crippen LogP contribution in [0.25, 0.3) is 10.9 Å². The van der Waals surface area contributed by atoms with Crippen LogP contribution in [0.4, 0.5) is 0 Å². The number of rotatable bonds is 5. The van der Waals surface area contributed by atoms with Gasteiger partial charge in [0.25, 0.3) is 0 Å². The normalized spacial score (nSPS) is 11.6. The fourth-order valence-electron chi connectivity index (χ4n) is 2.40. The molecule has 0 N–H and O–H groups in total. The molecule has 0 aliphatic rings. The third-order valence-electron chi connectivity index (χ3n) is 3.60. The largest absolute Gasteiger partial charge is 0.472 e. The van der Waals surface area contributed by atoms with Crippen molar-refractivity contribution in [3.05, 3.63) is 35.5 Å². The third kappa shape index (κ3) is 3.22. The molecule has 0 saturated carbocycles. The van der Waals surface area contributed by atoms with Crippen LogP contribution in [0, 0.1) is 0 Å². The molecule has 2 heterocycles. The Bertz CT molecular complexity index is 1050. The average molecular weight is 381 g/mol. The first-order valence-electron chi connectivity index (χ1n) is 7.13. The van der Waals surface area contributed by atoms with Crippen molar-refractivity contribution < 1.29 is 22.7 Å². The Labute approximate surface area is 148 Å². The number of sulfone groups is 1. The highest BCUT2D eigenvalue weighted by Crippen LogP contribution is 2.31. The van der Waals surface area contributed by atoms with Crippen LogP contribution in [0.15, 0.2) is 28.6 Å². The van der Waals surface area contributed by atoms with Crippen LogP contribution in [0.3, 0.4) is 0 Å². The number of carbonyl (C=O) groups excluding carboxylic acids is 1. The highest BCUT2D eigenvalue weighted by Gasteiger charge is 2.29. The molecule has 8 nitrogen and oxygen atoms in total. The van der Waals surface area contributed by atoms with Crippen molar-refractivity contribution in [3.8, 4) is 5.88 Å². The van der Waals surface area contributed by atoms with Crippen molar-refractivity contribution in [2.24, 2.45) is 7.05 Å². The number of esters is 1. The maximum absolute atomic E-state index is 12.0. The molecule has 1 aromatic carbocycles. The highest BCUT2D eigenvalue weighted by atomic mass is 32.2. The van der Waals surface area contributed by atoms with Crippen molar-refractivity contribution >= 4 is 38.2 Å². The van der Waals surface area contributed by atoms with Gasteiger partial charge in [0.15, 0.2) is 19.6 Å². The van der Waals surface area contributed by atoms with Gasteiger partial charge in [-0.05, 0) is 17.6 Å². The lowest BCUT2D eigenvalue weighted by molar-refractivity contribution is 0.0591. The Hall–Kier alpha value is -2.46. The zero-order chi connectivity index (χ0) is 18.2. The molecule has 0 fully saturated rings. The first kappa shape index (κ1) is 17.4. The molecule has 0 unspecified atom stereocenters. The van der Waals surface area contributed by atoms with Crippen molar-refractivity contribution in [2.45, 2.75) is 10.8 Å². The number of nitrogens with zero attached hydrogens (tertiary/aromatic N) is 3. The number of ether oxygens (including phenoxy) is 2. The van der Waals surface area contributed by atoms with Gasteiger partial charge in [-0.2, -0.15) is 9.47 Å². The number of hydrogen-bond acceptors (Lipinski definition) is 8. The summed E-state index contributed by atoms with van der Waals surface area (Å²) in [6.07, 6.45) is 2.73. The molecule has 0 bridgehead atoms. The summed E-state index contributed by atoms with van der Waals surface area (Å²) in [5, 5.41) is 5.11. The summed E-state index contributed by atoms with van der Waals surface area (Å²) in [6, 6.07) is 5.66. The SMILES string of the molecule is COC(=O)c1c(OCc2cccc3c2cnn3C)nsc1S(C)(=O)=O. The van der Waals surface area contributed by atoms with E-state index in [1.807, 2.05) is 25.2 Å². The van der Waals surface area contributed by atoms with Crippen LogP contribution >= 0.6 is 11.5 Å². The van der Waals surface area contributed by atoms with Gasteiger partial charge in [0.2, 0.25) is 5.88 Å². The topological polar surface area (TPSA) is 100 Å². The fourth-order valence-corrected chi connectivity index (χ4v) is 4.16. The summed E-state index contributed by atoms with van der Waals surface area (Å²) in [6.45, 7) is 0.111. The standard InChI is InChI=1S/C15H15N3O5S2/c1-18-11-6-4-5-9(10(11)7-16-18)8-23-13-12(14(19)22-2)15(24-17-13)25(3,20)21/h4-7H,8H2,1-3H3.